The van der Waals surface area contributed by atoms with Crippen LogP contribution in [0.2, 0.25) is 25.7 Å². The van der Waals surface area contributed by atoms with E-state index in [0.717, 1.165) is 24.1 Å². The second-order valence-electron chi connectivity index (χ2n) is 13.8. The number of nitrogens with one attached hydrogen (secondary N) is 1. The largest absolute Gasteiger partial charge is 0.478 e. The topological polar surface area (TPSA) is 83.1 Å². The van der Waals surface area contributed by atoms with Crippen molar-refractivity contribution in [1.82, 2.24) is 14.9 Å². The lowest BCUT2D eigenvalue weighted by Crippen LogP contribution is -2.55. The fourth-order valence-electron chi connectivity index (χ4n) is 5.85. The van der Waals surface area contributed by atoms with Gasteiger partial charge in [0, 0.05) is 75.9 Å². The quantitative estimate of drug-likeness (QED) is 0.198. The van der Waals surface area contributed by atoms with Gasteiger partial charge in [-0.05, 0) is 51.2 Å². The molecule has 0 radical (unpaired) electrons. The van der Waals surface area contributed by atoms with Crippen LogP contribution in [-0.2, 0) is 10.9 Å². The molecule has 1 N–H and O–H groups in total. The fourth-order valence-corrected chi connectivity index (χ4v) is 6.57. The summed E-state index contributed by atoms with van der Waals surface area (Å²) in [6.07, 6.45) is -2.40. The van der Waals surface area contributed by atoms with Crippen LogP contribution in [0.4, 0.5) is 34.8 Å². The molecule has 260 valence electrons. The van der Waals surface area contributed by atoms with Crippen molar-refractivity contribution in [2.45, 2.75) is 57.8 Å². The number of ether oxygens (including phenoxy) is 2. The number of hydrogen-bond donors (Lipinski definition) is 1. The van der Waals surface area contributed by atoms with E-state index in [0.29, 0.717) is 50.6 Å². The molecule has 48 heavy (non-hydrogen) atoms. The maximum atomic E-state index is 15.9. The first-order valence-electron chi connectivity index (χ1n) is 16.2. The summed E-state index contributed by atoms with van der Waals surface area (Å²) in [5.41, 5.74) is -0.641. The molecule has 1 amide bonds. The van der Waals surface area contributed by atoms with E-state index in [1.54, 1.807) is 18.3 Å². The van der Waals surface area contributed by atoms with Crippen molar-refractivity contribution in [3.05, 3.63) is 59.7 Å². The minimum Gasteiger partial charge on any atom is -0.478 e. The Bertz CT molecular complexity index is 1580. The Morgan fingerprint density at radius 3 is 2.31 bits per heavy atom. The predicted molar refractivity (Wildman–Crippen MR) is 182 cm³/mol. The predicted octanol–water partition coefficient (Wildman–Crippen LogP) is 6.64. The zero-order valence-corrected chi connectivity index (χ0v) is 29.3. The second-order valence-corrected chi connectivity index (χ2v) is 19.4. The number of carbonyl (C=O) groups excluding carboxylic acids is 1. The summed E-state index contributed by atoms with van der Waals surface area (Å²) < 4.78 is 69.8. The molecule has 2 saturated heterocycles. The molecule has 2 atom stereocenters. The number of alkyl halides is 3. The molecule has 2 aromatic heterocycles. The zero-order chi connectivity index (χ0) is 34.8. The lowest BCUT2D eigenvalue weighted by Gasteiger charge is -2.44. The SMILES string of the molecule is C[C@@H]1CN(c2cc(F)c(-c3ccc(N4CCOCC4)nc3)cc2NC(=O)c2cnc(OCC[Si](C)(C)C)cc2C(F)(F)F)C[C@H](C)N1C. The Morgan fingerprint density at radius 1 is 1.02 bits per heavy atom. The van der Waals surface area contributed by atoms with Gasteiger partial charge in [-0.2, -0.15) is 13.2 Å². The number of hydrogen-bond acceptors (Lipinski definition) is 8. The Balaban J connectivity index is 1.50. The van der Waals surface area contributed by atoms with Gasteiger partial charge in [-0.15, -0.1) is 0 Å². The van der Waals surface area contributed by atoms with Gasteiger partial charge in [-0.1, -0.05) is 19.6 Å². The number of nitrogens with zero attached hydrogens (tertiary/aromatic N) is 5. The number of likely N-dealkylation sites (N-methyl/N-ethyl adjacent to an activating group) is 1. The molecule has 0 bridgehead atoms. The monoisotopic (exact) mass is 688 g/mol. The van der Waals surface area contributed by atoms with Gasteiger partial charge in [-0.3, -0.25) is 9.69 Å². The minimum atomic E-state index is -4.85. The summed E-state index contributed by atoms with van der Waals surface area (Å²) in [5, 5.41) is 2.68. The van der Waals surface area contributed by atoms with Gasteiger partial charge >= 0.3 is 6.18 Å². The molecule has 2 aliphatic heterocycles. The van der Waals surface area contributed by atoms with Crippen molar-refractivity contribution < 1.29 is 31.8 Å². The van der Waals surface area contributed by atoms with Crippen molar-refractivity contribution in [1.29, 1.82) is 0 Å². The molecule has 0 aliphatic carbocycles. The third-order valence-corrected chi connectivity index (χ3v) is 10.7. The minimum absolute atomic E-state index is 0.103. The van der Waals surface area contributed by atoms with Gasteiger partial charge in [-0.25, -0.2) is 14.4 Å². The van der Waals surface area contributed by atoms with Gasteiger partial charge in [0.05, 0.1) is 42.3 Å². The smallest absolute Gasteiger partial charge is 0.417 e. The molecular formula is C34H44F4N6O3Si. The number of rotatable bonds is 9. The number of amides is 1. The first kappa shape index (κ1) is 35.6. The summed E-state index contributed by atoms with van der Waals surface area (Å²) in [4.78, 5) is 28.5. The normalized spacial score (nSPS) is 19.4. The van der Waals surface area contributed by atoms with Gasteiger partial charge in [0.1, 0.15) is 11.6 Å². The number of anilines is 3. The first-order valence-corrected chi connectivity index (χ1v) is 19.9. The molecule has 0 saturated carbocycles. The highest BCUT2D eigenvalue weighted by Gasteiger charge is 2.37. The first-order chi connectivity index (χ1) is 22.6. The van der Waals surface area contributed by atoms with E-state index in [-0.39, 0.29) is 35.8 Å². The Hall–Kier alpha value is -3.75. The highest BCUT2D eigenvalue weighted by molar-refractivity contribution is 6.76. The molecule has 0 unspecified atom stereocenters. The van der Waals surface area contributed by atoms with Crippen molar-refractivity contribution in [3.8, 4) is 17.0 Å². The van der Waals surface area contributed by atoms with E-state index in [2.05, 4.69) is 44.7 Å². The van der Waals surface area contributed by atoms with Crippen molar-refractivity contribution in [3.63, 3.8) is 0 Å². The van der Waals surface area contributed by atoms with Crippen LogP contribution >= 0.6 is 0 Å². The summed E-state index contributed by atoms with van der Waals surface area (Å²) in [6, 6.07) is 8.06. The standard InChI is InChI=1S/C34H44F4N6O3Si/c1-22-20-44(21-23(2)42(22)3)30-17-28(35)25(24-7-8-31(39-18-24)43-9-11-46-12-10-43)15-29(30)41-33(45)26-19-40-32(16-27(26)34(36,37)38)47-13-14-48(4,5)6/h7-8,15-19,22-23H,9-14,20-21H2,1-6H3,(H,41,45)/t22-,23+. The Labute approximate surface area is 280 Å². The molecule has 2 fully saturated rings. The summed E-state index contributed by atoms with van der Waals surface area (Å²) in [6.45, 7) is 14.3. The lowest BCUT2D eigenvalue weighted by atomic mass is 10.0. The Morgan fingerprint density at radius 2 is 1.71 bits per heavy atom. The van der Waals surface area contributed by atoms with Crippen LogP contribution in [-0.4, -0.2) is 94.0 Å². The van der Waals surface area contributed by atoms with E-state index in [9.17, 15) is 18.0 Å². The van der Waals surface area contributed by atoms with Gasteiger partial charge in [0.25, 0.3) is 5.91 Å². The maximum absolute atomic E-state index is 15.9. The summed E-state index contributed by atoms with van der Waals surface area (Å²) in [5.74, 6) is -1.03. The van der Waals surface area contributed by atoms with Crippen LogP contribution in [0.15, 0.2) is 42.7 Å². The van der Waals surface area contributed by atoms with Crippen LogP contribution < -0.4 is 19.9 Å². The Kier molecular flexibility index (Phi) is 10.7. The van der Waals surface area contributed by atoms with Crippen LogP contribution in [0.25, 0.3) is 11.1 Å². The lowest BCUT2D eigenvalue weighted by molar-refractivity contribution is -0.138. The second kappa shape index (κ2) is 14.4. The molecule has 3 aromatic rings. The number of aromatic nitrogens is 2. The van der Waals surface area contributed by atoms with E-state index >= 15 is 4.39 Å². The summed E-state index contributed by atoms with van der Waals surface area (Å²) >= 11 is 0. The molecule has 5 rings (SSSR count). The van der Waals surface area contributed by atoms with E-state index in [4.69, 9.17) is 9.47 Å². The van der Waals surface area contributed by atoms with E-state index in [1.165, 1.54) is 12.1 Å². The zero-order valence-electron chi connectivity index (χ0n) is 28.3. The number of halogens is 4. The molecular weight excluding hydrogens is 644 g/mol. The molecule has 9 nitrogen and oxygen atoms in total. The fraction of sp³-hybridized carbons (Fsp3) is 0.500. The average molecular weight is 689 g/mol. The van der Waals surface area contributed by atoms with Gasteiger partial charge in [0.15, 0.2) is 0 Å². The average Bonchev–Trinajstić information content (AvgIpc) is 3.03. The molecule has 2 aliphatic rings. The van der Waals surface area contributed by atoms with Crippen LogP contribution in [0.5, 0.6) is 5.88 Å². The third kappa shape index (κ3) is 8.45. The molecule has 1 aromatic carbocycles. The third-order valence-electron chi connectivity index (χ3n) is 8.96. The van der Waals surface area contributed by atoms with E-state index < -0.39 is 37.1 Å². The number of piperazine rings is 1. The van der Waals surface area contributed by atoms with Crippen LogP contribution in [0.1, 0.15) is 29.8 Å². The number of pyridine rings is 2. The molecule has 0 spiro atoms. The number of morpholine rings is 1. The van der Waals surface area contributed by atoms with Crippen LogP contribution in [0.3, 0.4) is 0 Å². The van der Waals surface area contributed by atoms with Gasteiger partial charge in [0.2, 0.25) is 5.88 Å². The maximum Gasteiger partial charge on any atom is 0.417 e. The number of carbonyl (C=O) groups is 1. The highest BCUT2D eigenvalue weighted by Crippen LogP contribution is 2.38. The molecule has 14 heteroatoms. The number of benzene rings is 1. The van der Waals surface area contributed by atoms with Crippen molar-refractivity contribution >= 4 is 31.2 Å². The summed E-state index contributed by atoms with van der Waals surface area (Å²) in [7, 11) is 0.517. The van der Waals surface area contributed by atoms with Crippen molar-refractivity contribution in [2.75, 3.05) is 68.2 Å². The highest BCUT2D eigenvalue weighted by atomic mass is 28.3. The van der Waals surface area contributed by atoms with Gasteiger partial charge < -0.3 is 24.6 Å². The van der Waals surface area contributed by atoms with Crippen LogP contribution in [0, 0.1) is 5.82 Å². The molecule has 4 heterocycles. The van der Waals surface area contributed by atoms with E-state index in [1.807, 2.05) is 25.8 Å². The van der Waals surface area contributed by atoms with Crippen molar-refractivity contribution in [2.24, 2.45) is 0 Å².